The highest BCUT2D eigenvalue weighted by atomic mass is 32.1. The van der Waals surface area contributed by atoms with Gasteiger partial charge in [0, 0.05) is 18.1 Å². The van der Waals surface area contributed by atoms with Crippen LogP contribution in [0.5, 0.6) is 0 Å². The van der Waals surface area contributed by atoms with E-state index in [9.17, 15) is 10.2 Å². The molecular formula is C12H19N3O2S. The van der Waals surface area contributed by atoms with Crippen molar-refractivity contribution in [3.8, 4) is 0 Å². The third kappa shape index (κ3) is 2.29. The molecule has 2 aromatic rings. The van der Waals surface area contributed by atoms with E-state index >= 15 is 0 Å². The number of imidazole rings is 1. The molecule has 0 bridgehead atoms. The average Bonchev–Trinajstić information content (AvgIpc) is 2.93. The maximum absolute atomic E-state index is 9.40. The van der Waals surface area contributed by atoms with Crippen LogP contribution < -0.4 is 5.32 Å². The zero-order valence-corrected chi connectivity index (χ0v) is 11.5. The third-order valence-corrected chi connectivity index (χ3v) is 4.23. The fraction of sp³-hybridized carbons (Fsp3) is 0.583. The maximum Gasteiger partial charge on any atom is 0.194 e. The van der Waals surface area contributed by atoms with Gasteiger partial charge in [0.05, 0.1) is 30.1 Å². The number of thiazole rings is 1. The van der Waals surface area contributed by atoms with Crippen molar-refractivity contribution in [3.05, 3.63) is 23.0 Å². The lowest BCUT2D eigenvalue weighted by molar-refractivity contribution is 0.0860. The quantitative estimate of drug-likeness (QED) is 0.729. The minimum absolute atomic E-state index is 0.0787. The Bertz CT molecular complexity index is 508. The van der Waals surface area contributed by atoms with Crippen molar-refractivity contribution in [2.24, 2.45) is 0 Å². The van der Waals surface area contributed by atoms with Crippen molar-refractivity contribution in [1.82, 2.24) is 14.7 Å². The van der Waals surface area contributed by atoms with Crippen molar-refractivity contribution in [2.45, 2.75) is 32.4 Å². The van der Waals surface area contributed by atoms with Gasteiger partial charge in [-0.25, -0.2) is 4.98 Å². The Labute approximate surface area is 110 Å². The van der Waals surface area contributed by atoms with E-state index < -0.39 is 5.54 Å². The number of aryl methyl sites for hydroxylation is 1. The topological polar surface area (TPSA) is 69.8 Å². The number of aliphatic hydroxyl groups excluding tert-OH is 2. The van der Waals surface area contributed by atoms with Crippen LogP contribution in [0.1, 0.15) is 24.7 Å². The fourth-order valence-electron chi connectivity index (χ4n) is 1.94. The number of hydrogen-bond acceptors (Lipinski definition) is 5. The van der Waals surface area contributed by atoms with Crippen LogP contribution in [0.4, 0.5) is 0 Å². The average molecular weight is 269 g/mol. The van der Waals surface area contributed by atoms with Gasteiger partial charge >= 0.3 is 0 Å². The minimum atomic E-state index is -0.618. The summed E-state index contributed by atoms with van der Waals surface area (Å²) < 4.78 is 2.04. The molecule has 2 heterocycles. The number of hydrogen-bond donors (Lipinski definition) is 3. The lowest BCUT2D eigenvalue weighted by atomic mass is 9.98. The molecule has 0 aliphatic heterocycles. The van der Waals surface area contributed by atoms with Crippen LogP contribution in [-0.2, 0) is 6.54 Å². The summed E-state index contributed by atoms with van der Waals surface area (Å²) in [4.78, 5) is 5.44. The van der Waals surface area contributed by atoms with E-state index in [4.69, 9.17) is 0 Å². The Balaban J connectivity index is 2.18. The number of nitrogens with zero attached hydrogens (tertiary/aromatic N) is 2. The smallest absolute Gasteiger partial charge is 0.194 e. The highest BCUT2D eigenvalue weighted by Crippen LogP contribution is 2.18. The Kier molecular flexibility index (Phi) is 4.01. The molecule has 100 valence electrons. The Morgan fingerprint density at radius 1 is 1.44 bits per heavy atom. The first-order valence-electron chi connectivity index (χ1n) is 6.03. The first kappa shape index (κ1) is 13.5. The van der Waals surface area contributed by atoms with Gasteiger partial charge in [0.25, 0.3) is 0 Å². The summed E-state index contributed by atoms with van der Waals surface area (Å²) in [6, 6.07) is 0. The standard InChI is InChI=1S/C12H19N3O2S/c1-3-12(7-16,8-17)13-6-10-9(2)14-11-15(10)4-5-18-11/h4-5,13,16-17H,3,6-8H2,1-2H3. The van der Waals surface area contributed by atoms with Crippen LogP contribution in [0.25, 0.3) is 4.96 Å². The second-order valence-electron chi connectivity index (χ2n) is 4.50. The minimum Gasteiger partial charge on any atom is -0.394 e. The summed E-state index contributed by atoms with van der Waals surface area (Å²) in [6.07, 6.45) is 2.66. The molecule has 0 radical (unpaired) electrons. The van der Waals surface area contributed by atoms with E-state index in [0.717, 1.165) is 16.3 Å². The first-order valence-corrected chi connectivity index (χ1v) is 6.91. The molecule has 5 nitrogen and oxygen atoms in total. The summed E-state index contributed by atoms with van der Waals surface area (Å²) in [6.45, 7) is 4.35. The highest BCUT2D eigenvalue weighted by Gasteiger charge is 2.26. The zero-order valence-electron chi connectivity index (χ0n) is 10.7. The van der Waals surface area contributed by atoms with Gasteiger partial charge in [0.2, 0.25) is 0 Å². The first-order chi connectivity index (χ1) is 8.65. The number of aliphatic hydroxyl groups is 2. The van der Waals surface area contributed by atoms with Gasteiger partial charge in [-0.05, 0) is 13.3 Å². The van der Waals surface area contributed by atoms with Crippen LogP contribution in [0.3, 0.4) is 0 Å². The number of aromatic nitrogens is 2. The predicted molar refractivity (Wildman–Crippen MR) is 71.8 cm³/mol. The molecule has 3 N–H and O–H groups in total. The number of nitrogens with one attached hydrogen (secondary N) is 1. The monoisotopic (exact) mass is 269 g/mol. The maximum atomic E-state index is 9.40. The zero-order chi connectivity index (χ0) is 13.2. The summed E-state index contributed by atoms with van der Waals surface area (Å²) >= 11 is 1.60. The van der Waals surface area contributed by atoms with Gasteiger partial charge in [-0.15, -0.1) is 11.3 Å². The van der Waals surface area contributed by atoms with E-state index in [2.05, 4.69) is 10.3 Å². The number of fused-ring (bicyclic) bond motifs is 1. The Morgan fingerprint density at radius 2 is 2.17 bits per heavy atom. The van der Waals surface area contributed by atoms with Crippen molar-refractivity contribution in [3.63, 3.8) is 0 Å². The molecule has 0 fully saturated rings. The largest absolute Gasteiger partial charge is 0.394 e. The van der Waals surface area contributed by atoms with Crippen molar-refractivity contribution in [1.29, 1.82) is 0 Å². The molecule has 0 atom stereocenters. The van der Waals surface area contributed by atoms with Gasteiger partial charge in [0.15, 0.2) is 4.96 Å². The van der Waals surface area contributed by atoms with Crippen LogP contribution >= 0.6 is 11.3 Å². The van der Waals surface area contributed by atoms with Crippen LogP contribution in [0.15, 0.2) is 11.6 Å². The predicted octanol–water partition coefficient (Wildman–Crippen LogP) is 0.927. The van der Waals surface area contributed by atoms with Crippen LogP contribution in [0.2, 0.25) is 0 Å². The second-order valence-corrected chi connectivity index (χ2v) is 5.38. The van der Waals surface area contributed by atoms with Gasteiger partial charge in [-0.2, -0.15) is 0 Å². The summed E-state index contributed by atoms with van der Waals surface area (Å²) in [5.74, 6) is 0. The SMILES string of the molecule is CCC(CO)(CO)NCc1c(C)nc2sccn12. The fourth-order valence-corrected chi connectivity index (χ4v) is 2.71. The van der Waals surface area contributed by atoms with Gasteiger partial charge in [-0.3, -0.25) is 4.40 Å². The van der Waals surface area contributed by atoms with Gasteiger partial charge in [0.1, 0.15) is 0 Å². The van der Waals surface area contributed by atoms with E-state index in [1.54, 1.807) is 11.3 Å². The molecule has 0 aromatic carbocycles. The summed E-state index contributed by atoms with van der Waals surface area (Å²) in [5, 5.41) is 24.1. The Hall–Kier alpha value is -0.950. The molecule has 2 rings (SSSR count). The van der Waals surface area contributed by atoms with Gasteiger partial charge in [-0.1, -0.05) is 6.92 Å². The molecule has 0 saturated carbocycles. The lowest BCUT2D eigenvalue weighted by Crippen LogP contribution is -2.51. The van der Waals surface area contributed by atoms with Crippen LogP contribution in [0, 0.1) is 6.92 Å². The summed E-state index contributed by atoms with van der Waals surface area (Å²) in [7, 11) is 0. The van der Waals surface area contributed by atoms with E-state index in [0.29, 0.717) is 13.0 Å². The number of rotatable bonds is 6. The van der Waals surface area contributed by atoms with Crippen molar-refractivity contribution in [2.75, 3.05) is 13.2 Å². The van der Waals surface area contributed by atoms with E-state index in [1.165, 1.54) is 0 Å². The normalized spacial score (nSPS) is 12.4. The molecule has 0 aliphatic carbocycles. The van der Waals surface area contributed by atoms with E-state index in [-0.39, 0.29) is 13.2 Å². The lowest BCUT2D eigenvalue weighted by Gasteiger charge is -2.29. The second kappa shape index (κ2) is 5.36. The summed E-state index contributed by atoms with van der Waals surface area (Å²) in [5.41, 5.74) is 1.44. The molecule has 0 saturated heterocycles. The molecular weight excluding hydrogens is 250 g/mol. The Morgan fingerprint density at radius 3 is 2.78 bits per heavy atom. The van der Waals surface area contributed by atoms with E-state index in [1.807, 2.05) is 29.8 Å². The molecule has 18 heavy (non-hydrogen) atoms. The van der Waals surface area contributed by atoms with Crippen molar-refractivity contribution >= 4 is 16.3 Å². The molecule has 0 amide bonds. The van der Waals surface area contributed by atoms with Gasteiger partial charge < -0.3 is 15.5 Å². The highest BCUT2D eigenvalue weighted by molar-refractivity contribution is 7.15. The van der Waals surface area contributed by atoms with Crippen molar-refractivity contribution < 1.29 is 10.2 Å². The third-order valence-electron chi connectivity index (χ3n) is 3.47. The molecule has 0 spiro atoms. The molecule has 0 aliphatic rings. The molecule has 0 unspecified atom stereocenters. The molecule has 2 aromatic heterocycles. The van der Waals surface area contributed by atoms with Crippen LogP contribution in [-0.4, -0.2) is 38.4 Å². The molecule has 6 heteroatoms.